The van der Waals surface area contributed by atoms with Crippen LogP contribution in [0.15, 0.2) is 116 Å². The highest BCUT2D eigenvalue weighted by Crippen LogP contribution is 2.36. The van der Waals surface area contributed by atoms with E-state index in [2.05, 4.69) is 180 Å². The molecule has 0 N–H and O–H groups in total. The van der Waals surface area contributed by atoms with Gasteiger partial charge in [-0.1, -0.05) is 83.1 Å². The van der Waals surface area contributed by atoms with Gasteiger partial charge in [-0.2, -0.15) is 10.2 Å². The number of pyridine rings is 4. The van der Waals surface area contributed by atoms with Crippen LogP contribution in [0.1, 0.15) is 170 Å². The van der Waals surface area contributed by atoms with E-state index in [1.54, 1.807) is 29.4 Å². The number of aryl methyl sites for hydroxylation is 1. The summed E-state index contributed by atoms with van der Waals surface area (Å²) in [4.78, 5) is 38.1. The topological polar surface area (TPSA) is 171 Å². The van der Waals surface area contributed by atoms with Crippen molar-refractivity contribution < 1.29 is 9.15 Å². The molecular formula is C60H79N15O2. The molecule has 0 saturated heterocycles. The van der Waals surface area contributed by atoms with Crippen LogP contribution in [0.25, 0.3) is 28.2 Å². The second kappa shape index (κ2) is 26.3. The fourth-order valence-corrected chi connectivity index (χ4v) is 9.15. The number of likely N-dealkylation sites (N-methyl/N-ethyl adjacent to an activating group) is 1. The molecule has 0 aromatic carbocycles. The van der Waals surface area contributed by atoms with Crippen molar-refractivity contribution in [1.29, 1.82) is 0 Å². The second-order valence-corrected chi connectivity index (χ2v) is 21.3. The molecule has 0 bridgehead atoms. The molecule has 12 rings (SSSR count). The highest BCUT2D eigenvalue weighted by molar-refractivity contribution is 5.72. The van der Waals surface area contributed by atoms with E-state index >= 15 is 0 Å². The Morgan fingerprint density at radius 1 is 0.558 bits per heavy atom. The van der Waals surface area contributed by atoms with Gasteiger partial charge in [-0.05, 0) is 114 Å². The highest BCUT2D eigenvalue weighted by atomic mass is 16.5. The summed E-state index contributed by atoms with van der Waals surface area (Å²) in [6.45, 7) is 30.9. The fraction of sp³-hybridized carbons (Fsp3) is 0.433. The molecule has 0 amide bonds. The summed E-state index contributed by atoms with van der Waals surface area (Å²) >= 11 is 0. The maximum absolute atomic E-state index is 5.68. The van der Waals surface area contributed by atoms with Crippen molar-refractivity contribution >= 4 is 39.8 Å². The Labute approximate surface area is 454 Å². The minimum atomic E-state index is 0.459. The van der Waals surface area contributed by atoms with E-state index in [4.69, 9.17) is 9.15 Å². The van der Waals surface area contributed by atoms with Gasteiger partial charge in [0.25, 0.3) is 0 Å². The first-order valence-corrected chi connectivity index (χ1v) is 27.0. The molecule has 0 aliphatic carbocycles. The van der Waals surface area contributed by atoms with Crippen molar-refractivity contribution in [2.45, 2.75) is 138 Å². The molecule has 10 aromatic rings. The first-order chi connectivity index (χ1) is 36.9. The van der Waals surface area contributed by atoms with Crippen LogP contribution in [0, 0.1) is 6.92 Å². The zero-order valence-corrected chi connectivity index (χ0v) is 47.9. The van der Waals surface area contributed by atoms with E-state index < -0.39 is 0 Å². The number of rotatable bonds is 6. The van der Waals surface area contributed by atoms with Gasteiger partial charge in [0.15, 0.2) is 34.9 Å². The first-order valence-electron chi connectivity index (χ1n) is 27.0. The van der Waals surface area contributed by atoms with Crippen LogP contribution >= 0.6 is 0 Å². The van der Waals surface area contributed by atoms with Gasteiger partial charge in [0.1, 0.15) is 24.3 Å². The number of ether oxygens (including phenoxy) is 1. The third-order valence-electron chi connectivity index (χ3n) is 13.5. The van der Waals surface area contributed by atoms with Crippen molar-refractivity contribution in [3.05, 3.63) is 156 Å². The van der Waals surface area contributed by atoms with Gasteiger partial charge >= 0.3 is 0 Å². The average Bonchev–Trinajstić information content (AvgIpc) is 4.27. The van der Waals surface area contributed by atoms with Gasteiger partial charge < -0.3 is 23.4 Å². The summed E-state index contributed by atoms with van der Waals surface area (Å²) in [5.41, 5.74) is 14.5. The maximum atomic E-state index is 5.68. The van der Waals surface area contributed by atoms with Gasteiger partial charge in [0.05, 0.1) is 18.9 Å². The van der Waals surface area contributed by atoms with Crippen molar-refractivity contribution in [3.8, 4) is 5.75 Å². The van der Waals surface area contributed by atoms with Gasteiger partial charge in [0, 0.05) is 92.7 Å². The Morgan fingerprint density at radius 2 is 1.23 bits per heavy atom. The number of fused-ring (bicyclic) bond motifs is 6. The van der Waals surface area contributed by atoms with E-state index in [9.17, 15) is 0 Å². The van der Waals surface area contributed by atoms with Crippen LogP contribution in [-0.2, 0) is 6.42 Å². The van der Waals surface area contributed by atoms with Gasteiger partial charge in [-0.25, -0.2) is 43.9 Å². The minimum absolute atomic E-state index is 0.459. The molecule has 0 radical (unpaired) electrons. The van der Waals surface area contributed by atoms with Crippen molar-refractivity contribution in [1.82, 2.24) is 63.5 Å². The molecule has 2 aliphatic heterocycles. The molecular weight excluding hydrogens is 963 g/mol. The summed E-state index contributed by atoms with van der Waals surface area (Å²) < 4.78 is 16.5. The second-order valence-electron chi connectivity index (χ2n) is 21.3. The summed E-state index contributed by atoms with van der Waals surface area (Å²) in [6, 6.07) is 12.4. The molecule has 77 heavy (non-hydrogen) atoms. The van der Waals surface area contributed by atoms with Crippen molar-refractivity contribution in [2.24, 2.45) is 0 Å². The minimum Gasteiger partial charge on any atom is -0.488 e. The number of hydrogen-bond donors (Lipinski definition) is 0. The van der Waals surface area contributed by atoms with Gasteiger partial charge in [-0.15, -0.1) is 0 Å². The lowest BCUT2D eigenvalue weighted by Gasteiger charge is -2.28. The molecule has 0 fully saturated rings. The highest BCUT2D eigenvalue weighted by Gasteiger charge is 2.21. The molecule has 0 unspecified atom stereocenters. The Hall–Kier alpha value is -7.82. The summed E-state index contributed by atoms with van der Waals surface area (Å²) in [6.07, 6.45) is 24.1. The molecule has 17 heteroatoms. The van der Waals surface area contributed by atoms with E-state index in [0.29, 0.717) is 41.2 Å². The van der Waals surface area contributed by atoms with Crippen LogP contribution < -0.4 is 14.5 Å². The average molecular weight is 1040 g/mol. The Balaban J connectivity index is 0.000000134. The zero-order chi connectivity index (χ0) is 55.3. The van der Waals surface area contributed by atoms with Crippen molar-refractivity contribution in [3.63, 3.8) is 0 Å². The lowest BCUT2D eigenvalue weighted by molar-refractivity contribution is 0.304. The Bertz CT molecular complexity index is 3260. The lowest BCUT2D eigenvalue weighted by Crippen LogP contribution is -2.30. The smallest absolute Gasteiger partial charge is 0.246 e. The van der Waals surface area contributed by atoms with E-state index in [1.165, 1.54) is 64.3 Å². The largest absolute Gasteiger partial charge is 0.488 e. The molecule has 0 atom stereocenters. The standard InChI is InChI=1S/C12H18N2.C11H16N2O.C10H13N3.2C9H11N3.C9H10N2O/c1-9(2)10-6-7-13-12-11(10)5-4-8-14(12)3;1-8(2)9-4-5-12-11-10(9)14-7-6-13(11)3;1-7(2)9-4-5-11-10-8(3)6-12-13(9)10;1-7(2)8-5-10-6-9-11-3-4-12(8)9;1-7(2)8-3-4-12-9(5-8)10-6-11-12;1-6(2)7-3-4-10-9-8(7)11-5-12-9/h6-7,9H,4-5,8H2,1-3H3;4-5,8H,6-7H2,1-3H3;4-7H,1-3H3;2*3-7H,1-2H3;3-6H,1-2H3. The molecule has 17 nitrogen and oxygen atoms in total. The van der Waals surface area contributed by atoms with Crippen LogP contribution in [0.3, 0.4) is 0 Å². The molecule has 12 heterocycles. The summed E-state index contributed by atoms with van der Waals surface area (Å²) in [5.74, 6) is 6.20. The zero-order valence-electron chi connectivity index (χ0n) is 47.9. The Morgan fingerprint density at radius 3 is 1.95 bits per heavy atom. The molecule has 406 valence electrons. The quantitative estimate of drug-likeness (QED) is 0.154. The van der Waals surface area contributed by atoms with E-state index in [0.717, 1.165) is 59.3 Å². The SMILES string of the molecule is CC(C)c1ccn2ncnc2c1.CC(C)c1ccnc2c1CCCN2C.CC(C)c1ccnc2c1OCCN2C.CC(C)c1ccnc2ocnc12.CC(C)c1cncc2nccn12.Cc1cnn2c(C(C)C)ccnc12. The monoisotopic (exact) mass is 1040 g/mol. The predicted octanol–water partition coefficient (Wildman–Crippen LogP) is 12.8. The number of aromatic nitrogens is 13. The predicted molar refractivity (Wildman–Crippen MR) is 309 cm³/mol. The van der Waals surface area contributed by atoms with Crippen LogP contribution in [0.5, 0.6) is 5.75 Å². The summed E-state index contributed by atoms with van der Waals surface area (Å²) in [7, 11) is 4.19. The normalized spacial score (nSPS) is 12.8. The van der Waals surface area contributed by atoms with Crippen LogP contribution in [0.2, 0.25) is 0 Å². The maximum Gasteiger partial charge on any atom is 0.246 e. The number of oxazole rings is 1. The lowest BCUT2D eigenvalue weighted by atomic mass is 9.93. The van der Waals surface area contributed by atoms with Crippen LogP contribution in [-0.4, -0.2) is 97.3 Å². The van der Waals surface area contributed by atoms with E-state index in [-0.39, 0.29) is 0 Å². The molecule has 10 aromatic heterocycles. The third-order valence-corrected chi connectivity index (χ3v) is 13.5. The molecule has 2 aliphatic rings. The van der Waals surface area contributed by atoms with Crippen molar-refractivity contribution in [2.75, 3.05) is 43.6 Å². The summed E-state index contributed by atoms with van der Waals surface area (Å²) in [5, 5.41) is 8.32. The first kappa shape index (κ1) is 56.9. The van der Waals surface area contributed by atoms with E-state index in [1.807, 2.05) is 73.0 Å². The fourth-order valence-electron chi connectivity index (χ4n) is 9.15. The number of imidazole rings is 1. The molecule has 0 saturated carbocycles. The van der Waals surface area contributed by atoms with Crippen LogP contribution in [0.4, 0.5) is 11.6 Å². The number of anilines is 2. The van der Waals surface area contributed by atoms with Gasteiger partial charge in [0.2, 0.25) is 5.71 Å². The number of hydrogen-bond acceptors (Lipinski definition) is 14. The molecule has 0 spiro atoms. The van der Waals surface area contributed by atoms with Gasteiger partial charge in [-0.3, -0.25) is 4.98 Å². The Kier molecular flexibility index (Phi) is 19.4. The number of nitrogens with zero attached hydrogens (tertiary/aromatic N) is 15. The third kappa shape index (κ3) is 14.0.